The van der Waals surface area contributed by atoms with E-state index in [9.17, 15) is 9.90 Å². The smallest absolute Gasteiger partial charge is 0.329 e. The summed E-state index contributed by atoms with van der Waals surface area (Å²) in [5, 5.41) is 19.4. The Balaban J connectivity index is 2.35. The molecule has 84 valence electrons. The van der Waals surface area contributed by atoms with Gasteiger partial charge in [0.1, 0.15) is 10.8 Å². The molecule has 0 aliphatic carbocycles. The van der Waals surface area contributed by atoms with Crippen molar-refractivity contribution in [1.29, 1.82) is 0 Å². The van der Waals surface area contributed by atoms with Gasteiger partial charge in [0.2, 0.25) is 0 Å². The molecular formula is C10H8ClNO3S. The molecule has 1 atom stereocenters. The number of benzene rings is 1. The summed E-state index contributed by atoms with van der Waals surface area (Å²) in [4.78, 5) is 14.7. The van der Waals surface area contributed by atoms with E-state index in [1.165, 1.54) is 17.8 Å². The number of carboxylic acids is 1. The number of hydrogen-bond acceptors (Lipinski definition) is 4. The van der Waals surface area contributed by atoms with Crippen LogP contribution in [0.25, 0.3) is 0 Å². The van der Waals surface area contributed by atoms with Crippen molar-refractivity contribution in [3.63, 3.8) is 0 Å². The van der Waals surface area contributed by atoms with Crippen molar-refractivity contribution in [3.05, 3.63) is 28.8 Å². The maximum atomic E-state index is 10.7. The van der Waals surface area contributed by atoms with Gasteiger partial charge in [-0.2, -0.15) is 0 Å². The Bertz CT molecular complexity index is 475. The molecule has 16 heavy (non-hydrogen) atoms. The normalized spacial score (nSPS) is 19.6. The first-order valence-corrected chi connectivity index (χ1v) is 5.86. The molecule has 1 aliphatic heterocycles. The predicted molar refractivity (Wildman–Crippen MR) is 63.5 cm³/mol. The number of phenols is 1. The first kappa shape index (κ1) is 11.3. The van der Waals surface area contributed by atoms with Gasteiger partial charge in [0.25, 0.3) is 0 Å². The zero-order valence-corrected chi connectivity index (χ0v) is 9.63. The second-order valence-corrected chi connectivity index (χ2v) is 4.71. The van der Waals surface area contributed by atoms with Crippen molar-refractivity contribution in [3.8, 4) is 5.75 Å². The van der Waals surface area contributed by atoms with Gasteiger partial charge in [-0.3, -0.25) is 4.99 Å². The van der Waals surface area contributed by atoms with Crippen LogP contribution in [0, 0.1) is 0 Å². The highest BCUT2D eigenvalue weighted by Crippen LogP contribution is 2.30. The molecule has 0 radical (unpaired) electrons. The molecule has 0 bridgehead atoms. The second kappa shape index (κ2) is 4.35. The van der Waals surface area contributed by atoms with Crippen LogP contribution in [0.2, 0.25) is 5.02 Å². The van der Waals surface area contributed by atoms with E-state index in [-0.39, 0.29) is 5.75 Å². The molecule has 0 aromatic heterocycles. The Morgan fingerprint density at radius 2 is 2.31 bits per heavy atom. The first-order valence-electron chi connectivity index (χ1n) is 4.50. The zero-order chi connectivity index (χ0) is 11.7. The number of hydrogen-bond donors (Lipinski definition) is 2. The largest absolute Gasteiger partial charge is 0.507 e. The van der Waals surface area contributed by atoms with Crippen LogP contribution in [0.15, 0.2) is 23.2 Å². The molecular weight excluding hydrogens is 250 g/mol. The summed E-state index contributed by atoms with van der Waals surface area (Å²) in [6.45, 7) is 0. The van der Waals surface area contributed by atoms with Crippen LogP contribution in [-0.2, 0) is 4.79 Å². The van der Waals surface area contributed by atoms with Crippen LogP contribution < -0.4 is 0 Å². The summed E-state index contributed by atoms with van der Waals surface area (Å²) in [5.74, 6) is -0.512. The number of aromatic hydroxyl groups is 1. The van der Waals surface area contributed by atoms with Crippen molar-refractivity contribution >= 4 is 34.4 Å². The van der Waals surface area contributed by atoms with E-state index in [1.54, 1.807) is 12.1 Å². The van der Waals surface area contributed by atoms with E-state index < -0.39 is 12.0 Å². The van der Waals surface area contributed by atoms with E-state index in [2.05, 4.69) is 4.99 Å². The molecule has 1 aliphatic rings. The quantitative estimate of drug-likeness (QED) is 0.850. The van der Waals surface area contributed by atoms with Crippen LogP contribution in [0.1, 0.15) is 5.56 Å². The van der Waals surface area contributed by atoms with E-state index in [4.69, 9.17) is 16.7 Å². The van der Waals surface area contributed by atoms with E-state index in [0.29, 0.717) is 21.4 Å². The molecule has 2 rings (SSSR count). The topological polar surface area (TPSA) is 69.9 Å². The Labute approximate surface area is 101 Å². The number of nitrogens with zero attached hydrogens (tertiary/aromatic N) is 1. The summed E-state index contributed by atoms with van der Waals surface area (Å²) in [7, 11) is 0. The summed E-state index contributed by atoms with van der Waals surface area (Å²) in [6, 6.07) is 3.87. The maximum absolute atomic E-state index is 10.7. The Morgan fingerprint density at radius 1 is 1.56 bits per heavy atom. The Hall–Kier alpha value is -1.20. The minimum atomic E-state index is -0.955. The number of halogens is 1. The lowest BCUT2D eigenvalue weighted by Crippen LogP contribution is -2.17. The van der Waals surface area contributed by atoms with Crippen LogP contribution >= 0.6 is 23.4 Å². The van der Waals surface area contributed by atoms with Crippen molar-refractivity contribution < 1.29 is 15.0 Å². The van der Waals surface area contributed by atoms with Crippen molar-refractivity contribution in [2.24, 2.45) is 4.99 Å². The number of rotatable bonds is 2. The third-order valence-corrected chi connectivity index (χ3v) is 3.44. The minimum Gasteiger partial charge on any atom is -0.507 e. The molecule has 0 saturated heterocycles. The molecule has 4 nitrogen and oxygen atoms in total. The highest BCUT2D eigenvalue weighted by Gasteiger charge is 2.26. The first-order chi connectivity index (χ1) is 7.58. The van der Waals surface area contributed by atoms with Crippen molar-refractivity contribution in [1.82, 2.24) is 0 Å². The average molecular weight is 258 g/mol. The third-order valence-electron chi connectivity index (χ3n) is 2.13. The summed E-state index contributed by atoms with van der Waals surface area (Å²) < 4.78 is 0. The van der Waals surface area contributed by atoms with Gasteiger partial charge in [-0.05, 0) is 18.2 Å². The fourth-order valence-electron chi connectivity index (χ4n) is 1.33. The monoisotopic (exact) mass is 257 g/mol. The van der Waals surface area contributed by atoms with E-state index in [1.807, 2.05) is 0 Å². The van der Waals surface area contributed by atoms with Gasteiger partial charge >= 0.3 is 5.97 Å². The van der Waals surface area contributed by atoms with Gasteiger partial charge in [0, 0.05) is 16.3 Å². The highest BCUT2D eigenvalue weighted by molar-refractivity contribution is 8.14. The van der Waals surface area contributed by atoms with E-state index in [0.717, 1.165) is 0 Å². The van der Waals surface area contributed by atoms with E-state index >= 15 is 0 Å². The van der Waals surface area contributed by atoms with Gasteiger partial charge < -0.3 is 10.2 Å². The van der Waals surface area contributed by atoms with Crippen molar-refractivity contribution in [2.75, 3.05) is 5.75 Å². The van der Waals surface area contributed by atoms with Gasteiger partial charge in [0.15, 0.2) is 6.04 Å². The van der Waals surface area contributed by atoms with Gasteiger partial charge in [-0.1, -0.05) is 11.6 Å². The predicted octanol–water partition coefficient (Wildman–Crippen LogP) is 1.99. The van der Waals surface area contributed by atoms with Crippen LogP contribution in [0.3, 0.4) is 0 Å². The Kier molecular flexibility index (Phi) is 3.07. The number of aliphatic carboxylic acids is 1. The summed E-state index contributed by atoms with van der Waals surface area (Å²) >= 11 is 7.11. The second-order valence-electron chi connectivity index (χ2n) is 3.26. The molecule has 0 spiro atoms. The molecule has 1 aromatic carbocycles. The summed E-state index contributed by atoms with van der Waals surface area (Å²) in [6.07, 6.45) is 0. The standard InChI is InChI=1S/C10H8ClNO3S/c11-5-1-2-8(13)6(3-5)9-12-7(4-16-9)10(14)15/h1-3,7,13H,4H2,(H,14,15). The number of aliphatic imine (C=N–C) groups is 1. The number of thioether (sulfide) groups is 1. The van der Waals surface area contributed by atoms with Crippen LogP contribution in [0.4, 0.5) is 0 Å². The fraction of sp³-hybridized carbons (Fsp3) is 0.200. The van der Waals surface area contributed by atoms with Gasteiger partial charge in [0.05, 0.1) is 0 Å². The number of carbonyl (C=O) groups is 1. The minimum absolute atomic E-state index is 0.0571. The lowest BCUT2D eigenvalue weighted by Gasteiger charge is -2.03. The van der Waals surface area contributed by atoms with Crippen LogP contribution in [0.5, 0.6) is 5.75 Å². The van der Waals surface area contributed by atoms with Gasteiger partial charge in [-0.15, -0.1) is 11.8 Å². The lowest BCUT2D eigenvalue weighted by molar-refractivity contribution is -0.137. The third kappa shape index (κ3) is 2.15. The molecule has 1 heterocycles. The number of phenolic OH excluding ortho intramolecular Hbond substituents is 1. The van der Waals surface area contributed by atoms with Crippen molar-refractivity contribution in [2.45, 2.75) is 6.04 Å². The number of carboxylic acid groups (broad SMARTS) is 1. The summed E-state index contributed by atoms with van der Waals surface area (Å²) in [5.41, 5.74) is 0.487. The average Bonchev–Trinajstić information content (AvgIpc) is 2.70. The zero-order valence-electron chi connectivity index (χ0n) is 8.05. The van der Waals surface area contributed by atoms with Gasteiger partial charge in [-0.25, -0.2) is 4.79 Å². The molecule has 2 N–H and O–H groups in total. The molecule has 0 amide bonds. The molecule has 6 heteroatoms. The SMILES string of the molecule is O=C(O)C1CSC(c2cc(Cl)ccc2O)=N1. The molecule has 0 fully saturated rings. The van der Waals surface area contributed by atoms with Crippen LogP contribution in [-0.4, -0.2) is 33.0 Å². The fourth-order valence-corrected chi connectivity index (χ4v) is 2.55. The molecule has 0 saturated carbocycles. The Morgan fingerprint density at radius 3 is 2.94 bits per heavy atom. The highest BCUT2D eigenvalue weighted by atomic mass is 35.5. The maximum Gasteiger partial charge on any atom is 0.329 e. The molecule has 1 aromatic rings. The lowest BCUT2D eigenvalue weighted by atomic mass is 10.2. The molecule has 1 unspecified atom stereocenters.